The Balaban J connectivity index is 1.84. The molecule has 0 saturated heterocycles. The zero-order chi connectivity index (χ0) is 14.1. The summed E-state index contributed by atoms with van der Waals surface area (Å²) in [4.78, 5) is 12.1. The lowest BCUT2D eigenvalue weighted by molar-refractivity contribution is 0.0734. The van der Waals surface area contributed by atoms with Crippen LogP contribution in [0.2, 0.25) is 10.0 Å². The van der Waals surface area contributed by atoms with Crippen molar-refractivity contribution in [3.05, 3.63) is 52.0 Å². The molecule has 4 nitrogen and oxygen atoms in total. The van der Waals surface area contributed by atoms with Gasteiger partial charge in [0, 0.05) is 0 Å². The highest BCUT2D eigenvalue weighted by Crippen LogP contribution is 2.34. The van der Waals surface area contributed by atoms with E-state index in [4.69, 9.17) is 37.4 Å². The molecule has 0 aromatic heterocycles. The predicted octanol–water partition coefficient (Wildman–Crippen LogP) is 3.94. The number of halogens is 2. The molecule has 0 bridgehead atoms. The topological polar surface area (TPSA) is 44.8 Å². The van der Waals surface area contributed by atoms with Gasteiger partial charge in [-0.15, -0.1) is 0 Å². The van der Waals surface area contributed by atoms with Crippen molar-refractivity contribution < 1.29 is 19.0 Å². The summed E-state index contributed by atoms with van der Waals surface area (Å²) in [5.74, 6) is 0.772. The van der Waals surface area contributed by atoms with Crippen molar-refractivity contribution in [2.75, 3.05) is 6.79 Å². The van der Waals surface area contributed by atoms with Gasteiger partial charge in [-0.3, -0.25) is 0 Å². The minimum atomic E-state index is -0.549. The third-order valence-corrected chi connectivity index (χ3v) is 3.53. The van der Waals surface area contributed by atoms with Crippen molar-refractivity contribution >= 4 is 29.2 Å². The molecule has 2 aromatic carbocycles. The number of fused-ring (bicyclic) bond motifs is 1. The van der Waals surface area contributed by atoms with Crippen LogP contribution in [0.1, 0.15) is 10.4 Å². The highest BCUT2D eigenvalue weighted by molar-refractivity contribution is 6.43. The summed E-state index contributed by atoms with van der Waals surface area (Å²) in [7, 11) is 0. The first-order chi connectivity index (χ1) is 9.65. The summed E-state index contributed by atoms with van der Waals surface area (Å²) < 4.78 is 15.6. The normalized spacial score (nSPS) is 12.3. The number of hydrogen-bond donors (Lipinski definition) is 0. The first-order valence-corrected chi connectivity index (χ1v) is 6.46. The van der Waals surface area contributed by atoms with Crippen molar-refractivity contribution in [2.45, 2.75) is 0 Å². The van der Waals surface area contributed by atoms with Crippen molar-refractivity contribution in [3.63, 3.8) is 0 Å². The van der Waals surface area contributed by atoms with Gasteiger partial charge < -0.3 is 14.2 Å². The van der Waals surface area contributed by atoms with Crippen LogP contribution >= 0.6 is 23.2 Å². The minimum absolute atomic E-state index is 0.147. The number of ether oxygens (including phenoxy) is 3. The lowest BCUT2D eigenvalue weighted by atomic mass is 10.2. The molecule has 0 radical (unpaired) electrons. The molecule has 2 aromatic rings. The van der Waals surface area contributed by atoms with Gasteiger partial charge in [0.25, 0.3) is 0 Å². The first kappa shape index (κ1) is 13.1. The SMILES string of the molecule is O=C(Oc1cccc(Cl)c1Cl)c1ccc2c(c1)OCO2. The predicted molar refractivity (Wildman–Crippen MR) is 74.0 cm³/mol. The summed E-state index contributed by atoms with van der Waals surface area (Å²) in [6.45, 7) is 0.147. The molecular weight excluding hydrogens is 303 g/mol. The van der Waals surface area contributed by atoms with Crippen LogP contribution in [0.5, 0.6) is 17.2 Å². The van der Waals surface area contributed by atoms with Crippen molar-refractivity contribution in [2.24, 2.45) is 0 Å². The van der Waals surface area contributed by atoms with Crippen LogP contribution < -0.4 is 14.2 Å². The van der Waals surface area contributed by atoms with E-state index < -0.39 is 5.97 Å². The maximum atomic E-state index is 12.1. The number of carbonyl (C=O) groups excluding carboxylic acids is 1. The highest BCUT2D eigenvalue weighted by atomic mass is 35.5. The Kier molecular flexibility index (Phi) is 3.42. The van der Waals surface area contributed by atoms with E-state index >= 15 is 0 Å². The van der Waals surface area contributed by atoms with Gasteiger partial charge in [0.15, 0.2) is 17.2 Å². The largest absolute Gasteiger partial charge is 0.454 e. The second-order valence-electron chi connectivity index (χ2n) is 4.01. The third-order valence-electron chi connectivity index (χ3n) is 2.73. The second-order valence-corrected chi connectivity index (χ2v) is 4.79. The third kappa shape index (κ3) is 2.40. The average Bonchev–Trinajstić information content (AvgIpc) is 2.91. The molecule has 1 aliphatic heterocycles. The van der Waals surface area contributed by atoms with Crippen molar-refractivity contribution in [1.29, 1.82) is 0 Å². The van der Waals surface area contributed by atoms with Gasteiger partial charge >= 0.3 is 5.97 Å². The molecular formula is C14H8Cl2O4. The van der Waals surface area contributed by atoms with Gasteiger partial charge in [-0.25, -0.2) is 4.79 Å². The van der Waals surface area contributed by atoms with Gasteiger partial charge in [-0.05, 0) is 30.3 Å². The summed E-state index contributed by atoms with van der Waals surface area (Å²) in [5.41, 5.74) is 0.338. The Morgan fingerprint density at radius 3 is 2.75 bits per heavy atom. The Morgan fingerprint density at radius 1 is 1.10 bits per heavy atom. The number of rotatable bonds is 2. The van der Waals surface area contributed by atoms with E-state index in [1.54, 1.807) is 36.4 Å². The summed E-state index contributed by atoms with van der Waals surface area (Å²) in [6, 6.07) is 9.63. The van der Waals surface area contributed by atoms with Crippen LogP contribution in [0, 0.1) is 0 Å². The lowest BCUT2D eigenvalue weighted by Crippen LogP contribution is -2.08. The fourth-order valence-corrected chi connectivity index (χ4v) is 2.08. The van der Waals surface area contributed by atoms with E-state index in [2.05, 4.69) is 0 Å². The van der Waals surface area contributed by atoms with E-state index in [1.165, 1.54) is 0 Å². The molecule has 0 unspecified atom stereocenters. The molecule has 0 atom stereocenters. The van der Waals surface area contributed by atoms with E-state index in [0.29, 0.717) is 22.1 Å². The summed E-state index contributed by atoms with van der Waals surface area (Å²) in [5, 5.41) is 0.519. The van der Waals surface area contributed by atoms with Crippen molar-refractivity contribution in [3.8, 4) is 17.2 Å². The summed E-state index contributed by atoms with van der Waals surface area (Å²) >= 11 is 11.8. The van der Waals surface area contributed by atoms with E-state index in [1.807, 2.05) is 0 Å². The second kappa shape index (κ2) is 5.23. The molecule has 0 amide bonds. The standard InChI is InChI=1S/C14H8Cl2O4/c15-9-2-1-3-11(13(9)16)20-14(17)8-4-5-10-12(6-8)19-7-18-10/h1-6H,7H2. The quantitative estimate of drug-likeness (QED) is 0.622. The maximum absolute atomic E-state index is 12.1. The molecule has 6 heteroatoms. The molecule has 0 fully saturated rings. The molecule has 20 heavy (non-hydrogen) atoms. The fraction of sp³-hybridized carbons (Fsp3) is 0.0714. The fourth-order valence-electron chi connectivity index (χ4n) is 1.75. The number of carbonyl (C=O) groups is 1. The number of hydrogen-bond acceptors (Lipinski definition) is 4. The Morgan fingerprint density at radius 2 is 1.90 bits per heavy atom. The molecule has 1 heterocycles. The van der Waals surface area contributed by atoms with Crippen LogP contribution in [0.3, 0.4) is 0 Å². The summed E-state index contributed by atoms with van der Waals surface area (Å²) in [6.07, 6.45) is 0. The van der Waals surface area contributed by atoms with E-state index in [-0.39, 0.29) is 17.6 Å². The number of esters is 1. The zero-order valence-electron chi connectivity index (χ0n) is 10.1. The van der Waals surface area contributed by atoms with Crippen molar-refractivity contribution in [1.82, 2.24) is 0 Å². The Bertz CT molecular complexity index is 685. The molecule has 102 valence electrons. The van der Waals surface area contributed by atoms with Gasteiger partial charge in [0.05, 0.1) is 10.6 Å². The highest BCUT2D eigenvalue weighted by Gasteiger charge is 2.18. The Labute approximate surface area is 124 Å². The van der Waals surface area contributed by atoms with Crippen LogP contribution in [-0.4, -0.2) is 12.8 Å². The molecule has 0 N–H and O–H groups in total. The first-order valence-electron chi connectivity index (χ1n) is 5.71. The zero-order valence-corrected chi connectivity index (χ0v) is 11.6. The lowest BCUT2D eigenvalue weighted by Gasteiger charge is -2.07. The molecule has 3 rings (SSSR count). The smallest absolute Gasteiger partial charge is 0.343 e. The minimum Gasteiger partial charge on any atom is -0.454 e. The van der Waals surface area contributed by atoms with E-state index in [9.17, 15) is 4.79 Å². The van der Waals surface area contributed by atoms with Crippen LogP contribution in [0.15, 0.2) is 36.4 Å². The molecule has 0 aliphatic carbocycles. The van der Waals surface area contributed by atoms with Gasteiger partial charge in [0.2, 0.25) is 6.79 Å². The number of benzene rings is 2. The van der Waals surface area contributed by atoms with Gasteiger partial charge in [-0.1, -0.05) is 29.3 Å². The average molecular weight is 311 g/mol. The van der Waals surface area contributed by atoms with Crippen LogP contribution in [0.4, 0.5) is 0 Å². The molecule has 1 aliphatic rings. The van der Waals surface area contributed by atoms with E-state index in [0.717, 1.165) is 0 Å². The molecule has 0 saturated carbocycles. The Hall–Kier alpha value is -1.91. The van der Waals surface area contributed by atoms with Crippen LogP contribution in [-0.2, 0) is 0 Å². The van der Waals surface area contributed by atoms with Gasteiger partial charge in [0.1, 0.15) is 5.02 Å². The molecule has 0 spiro atoms. The monoisotopic (exact) mass is 310 g/mol. The maximum Gasteiger partial charge on any atom is 0.343 e. The van der Waals surface area contributed by atoms with Crippen LogP contribution in [0.25, 0.3) is 0 Å². The van der Waals surface area contributed by atoms with Gasteiger partial charge in [-0.2, -0.15) is 0 Å².